The third kappa shape index (κ3) is 9.01. The van der Waals surface area contributed by atoms with Gasteiger partial charge in [-0.3, -0.25) is 28.9 Å². The molecule has 2 aromatic rings. The lowest BCUT2D eigenvalue weighted by molar-refractivity contribution is -0.257. The van der Waals surface area contributed by atoms with Crippen LogP contribution in [0.5, 0.6) is 11.5 Å². The van der Waals surface area contributed by atoms with Gasteiger partial charge < -0.3 is 19.1 Å². The van der Waals surface area contributed by atoms with Crippen LogP contribution in [0.25, 0.3) is 10.9 Å². The summed E-state index contributed by atoms with van der Waals surface area (Å²) in [6.45, 7) is 6.81. The molecule has 16 heteroatoms. The maximum absolute atomic E-state index is 14.9. The Morgan fingerprint density at radius 2 is 1.79 bits per heavy atom. The first kappa shape index (κ1) is 43.4. The zero-order valence-corrected chi connectivity index (χ0v) is 34.7. The average molecular weight is 834 g/mol. The van der Waals surface area contributed by atoms with Crippen LogP contribution in [-0.2, 0) is 33.9 Å². The number of nitrogens with one attached hydrogen (secondary N) is 1. The van der Waals surface area contributed by atoms with Gasteiger partial charge in [0.15, 0.2) is 5.78 Å². The Labute approximate surface area is 337 Å². The number of carbonyl (C=O) groups excluding carboxylic acids is 4. The lowest BCUT2D eigenvalue weighted by atomic mass is 9.79. The molecule has 1 saturated heterocycles. The number of ether oxygens (including phenoxy) is 3. The van der Waals surface area contributed by atoms with Gasteiger partial charge in [-0.25, -0.2) is 8.42 Å². The number of benzene rings is 1. The fraction of sp³-hybridized carbons (Fsp3) is 0.643. The highest BCUT2D eigenvalue weighted by atomic mass is 32.2. The summed E-state index contributed by atoms with van der Waals surface area (Å²) in [5, 5.41) is 0.716. The molecule has 0 unspecified atom stereocenters. The first-order valence-electron chi connectivity index (χ1n) is 20.1. The molecule has 7 atom stereocenters. The molecule has 6 rings (SSSR count). The Morgan fingerprint density at radius 1 is 1.09 bits per heavy atom. The van der Waals surface area contributed by atoms with Crippen molar-refractivity contribution in [1.29, 1.82) is 0 Å². The van der Waals surface area contributed by atoms with Crippen LogP contribution in [0.3, 0.4) is 0 Å². The summed E-state index contributed by atoms with van der Waals surface area (Å²) < 4.78 is 85.8. The van der Waals surface area contributed by atoms with E-state index in [1.54, 1.807) is 31.2 Å². The van der Waals surface area contributed by atoms with E-state index < -0.39 is 91.8 Å². The Kier molecular flexibility index (Phi) is 12.0. The second-order valence-electron chi connectivity index (χ2n) is 17.5. The number of halogens is 3. The third-order valence-corrected chi connectivity index (χ3v) is 14.9. The molecule has 2 saturated carbocycles. The van der Waals surface area contributed by atoms with Gasteiger partial charge in [-0.2, -0.15) is 13.2 Å². The molecule has 318 valence electrons. The number of carbonyl (C=O) groups is 4. The van der Waals surface area contributed by atoms with E-state index in [0.29, 0.717) is 60.9 Å². The zero-order valence-electron chi connectivity index (χ0n) is 33.9. The predicted molar refractivity (Wildman–Crippen MR) is 208 cm³/mol. The van der Waals surface area contributed by atoms with E-state index >= 15 is 0 Å². The fourth-order valence-electron chi connectivity index (χ4n) is 8.38. The van der Waals surface area contributed by atoms with Crippen LogP contribution >= 0.6 is 0 Å². The van der Waals surface area contributed by atoms with E-state index in [1.807, 2.05) is 26.0 Å². The summed E-state index contributed by atoms with van der Waals surface area (Å²) in [7, 11) is -2.49. The molecule has 3 heterocycles. The van der Waals surface area contributed by atoms with Gasteiger partial charge in [-0.05, 0) is 101 Å². The smallest absolute Gasteiger partial charge is 0.427 e. The molecule has 58 heavy (non-hydrogen) atoms. The number of fused-ring (bicyclic) bond motifs is 3. The van der Waals surface area contributed by atoms with Gasteiger partial charge in [-0.1, -0.05) is 32.4 Å². The van der Waals surface area contributed by atoms with Crippen molar-refractivity contribution in [2.24, 2.45) is 29.1 Å². The highest BCUT2D eigenvalue weighted by Crippen LogP contribution is 2.58. The van der Waals surface area contributed by atoms with Crippen LogP contribution in [0.1, 0.15) is 98.8 Å². The van der Waals surface area contributed by atoms with E-state index in [2.05, 4.69) is 9.71 Å². The number of hydrogen-bond acceptors (Lipinski definition) is 10. The monoisotopic (exact) mass is 833 g/mol. The van der Waals surface area contributed by atoms with Gasteiger partial charge >= 0.3 is 12.1 Å². The number of rotatable bonds is 10. The third-order valence-electron chi connectivity index (χ3n) is 12.7. The van der Waals surface area contributed by atoms with Crippen molar-refractivity contribution in [2.75, 3.05) is 13.7 Å². The minimum absolute atomic E-state index is 0.000756. The molecule has 0 radical (unpaired) electrons. The minimum atomic E-state index is -4.86. The fourth-order valence-corrected chi connectivity index (χ4v) is 9.71. The average Bonchev–Trinajstić information content (AvgIpc) is 4.03. The summed E-state index contributed by atoms with van der Waals surface area (Å²) in [5.41, 5.74) is -3.50. The number of allylic oxidation sites excluding steroid dienone is 2. The Morgan fingerprint density at radius 3 is 2.45 bits per heavy atom. The highest BCUT2D eigenvalue weighted by Gasteiger charge is 2.63. The number of ketones is 1. The number of Topliss-reactive ketones (excluding diaryl/α,β-unsaturated/α-hetero) is 1. The van der Waals surface area contributed by atoms with Gasteiger partial charge in [0.05, 0.1) is 53.9 Å². The number of sulfonamides is 1. The largest absolute Gasteiger partial charge is 0.497 e. The molecular weight excluding hydrogens is 780 g/mol. The second-order valence-corrected chi connectivity index (χ2v) is 19.7. The number of alkyl halides is 3. The normalized spacial score (nSPS) is 29.6. The summed E-state index contributed by atoms with van der Waals surface area (Å²) >= 11 is 0. The maximum atomic E-state index is 14.9. The van der Waals surface area contributed by atoms with Crippen LogP contribution in [-0.4, -0.2) is 84.2 Å². The van der Waals surface area contributed by atoms with E-state index in [-0.39, 0.29) is 31.7 Å². The number of pyridine rings is 1. The van der Waals surface area contributed by atoms with Crippen molar-refractivity contribution < 1.29 is 55.0 Å². The van der Waals surface area contributed by atoms with Gasteiger partial charge in [0, 0.05) is 18.2 Å². The molecule has 1 aromatic heterocycles. The predicted octanol–water partition coefficient (Wildman–Crippen LogP) is 6.85. The number of aromatic nitrogens is 1. The van der Waals surface area contributed by atoms with Gasteiger partial charge in [0.1, 0.15) is 17.6 Å². The number of amides is 2. The van der Waals surface area contributed by atoms with Crippen molar-refractivity contribution in [3.8, 4) is 11.5 Å². The second kappa shape index (κ2) is 16.1. The SMILES string of the molecule is CC[C@@H]1C[C@H](C)CC/C=C\[C@@H]2C[C@@]2(C(=O)NS(=O)(=O)C2(C)CC2)CC(=O)[C@@H]2C[C@@H](Oc3cnc4ccc(OC)cc4c3)CN2C(=O)[C@H]1CC(=O)OC(C)(C)C(F)(F)F. The van der Waals surface area contributed by atoms with Gasteiger partial charge in [0.2, 0.25) is 27.4 Å². The molecule has 3 fully saturated rings. The molecule has 2 aliphatic carbocycles. The summed E-state index contributed by atoms with van der Waals surface area (Å²) in [5.74, 6) is -4.07. The highest BCUT2D eigenvalue weighted by molar-refractivity contribution is 7.91. The van der Waals surface area contributed by atoms with Crippen LogP contribution in [0.15, 0.2) is 42.6 Å². The zero-order chi connectivity index (χ0) is 42.4. The first-order valence-corrected chi connectivity index (χ1v) is 21.6. The minimum Gasteiger partial charge on any atom is -0.497 e. The molecule has 2 amide bonds. The first-order chi connectivity index (χ1) is 27.1. The van der Waals surface area contributed by atoms with Crippen molar-refractivity contribution in [3.05, 3.63) is 42.6 Å². The molecule has 0 bridgehead atoms. The van der Waals surface area contributed by atoms with Crippen LogP contribution < -0.4 is 14.2 Å². The maximum Gasteiger partial charge on any atom is 0.427 e. The number of hydrogen-bond donors (Lipinski definition) is 1. The van der Waals surface area contributed by atoms with Gasteiger partial charge in [0.25, 0.3) is 0 Å². The van der Waals surface area contributed by atoms with E-state index in [9.17, 15) is 40.8 Å². The van der Waals surface area contributed by atoms with Crippen LogP contribution in [0.2, 0.25) is 0 Å². The Bertz CT molecular complexity index is 2070. The molecule has 12 nitrogen and oxygen atoms in total. The lowest BCUT2D eigenvalue weighted by Crippen LogP contribution is -2.49. The van der Waals surface area contributed by atoms with Crippen molar-refractivity contribution in [1.82, 2.24) is 14.6 Å². The number of methoxy groups -OCH3 is 1. The summed E-state index contributed by atoms with van der Waals surface area (Å²) in [6, 6.07) is 5.94. The molecule has 1 N–H and O–H groups in total. The molecular formula is C42H54F3N3O9S. The standard InChI is InChI=1S/C42H54F3N3O9S/c1-7-26-16-25(2)10-8-9-11-28-21-41(28,38(52)47-58(53,54)40(5)14-15-40)22-35(49)34-19-31(56-30-18-27-17-29(55-6)12-13-33(27)46-23-30)24-48(34)37(51)32(26)20-36(50)57-39(3,4)42(43,44)45/h9,11-13,17-18,23,25-26,28,31-32,34H,7-8,10,14-16,19-22,24H2,1-6H3,(H,47,52)/b11-9-/t25-,26-,28-,31-,32+,34+,41-/m1/s1. The number of nitrogens with zero attached hydrogens (tertiary/aromatic N) is 2. The molecule has 4 aliphatic rings. The molecule has 2 aliphatic heterocycles. The summed E-state index contributed by atoms with van der Waals surface area (Å²) in [4.78, 5) is 62.7. The van der Waals surface area contributed by atoms with Crippen LogP contribution in [0.4, 0.5) is 13.2 Å². The van der Waals surface area contributed by atoms with Crippen molar-refractivity contribution in [2.45, 2.75) is 127 Å². The molecule has 1 aromatic carbocycles. The Hall–Kier alpha value is -4.21. The lowest BCUT2D eigenvalue weighted by Gasteiger charge is -2.34. The van der Waals surface area contributed by atoms with E-state index in [0.717, 1.165) is 13.8 Å². The topological polar surface area (TPSA) is 158 Å². The summed E-state index contributed by atoms with van der Waals surface area (Å²) in [6.07, 6.45) is 1.90. The van der Waals surface area contributed by atoms with Crippen LogP contribution in [0, 0.1) is 29.1 Å². The quantitative estimate of drug-likeness (QED) is 0.198. The Balaban J connectivity index is 1.35. The number of esters is 1. The van der Waals surface area contributed by atoms with Crippen molar-refractivity contribution in [3.63, 3.8) is 0 Å². The van der Waals surface area contributed by atoms with Gasteiger partial charge in [-0.15, -0.1) is 0 Å². The van der Waals surface area contributed by atoms with E-state index in [1.165, 1.54) is 18.2 Å². The van der Waals surface area contributed by atoms with E-state index in [4.69, 9.17) is 14.2 Å². The molecule has 0 spiro atoms. The van der Waals surface area contributed by atoms with Crippen molar-refractivity contribution >= 4 is 44.5 Å².